The van der Waals surface area contributed by atoms with Gasteiger partial charge in [0.15, 0.2) is 0 Å². The number of aromatic carboxylic acids is 1. The van der Waals surface area contributed by atoms with Gasteiger partial charge in [0.1, 0.15) is 5.78 Å². The van der Waals surface area contributed by atoms with Crippen molar-refractivity contribution >= 4 is 43.6 Å². The van der Waals surface area contributed by atoms with Gasteiger partial charge in [0.05, 0.1) is 10.4 Å². The highest BCUT2D eigenvalue weighted by molar-refractivity contribution is 9.09. The number of halogens is 2. The molecule has 0 spiro atoms. The SMILES string of the molecule is CC(=O)C(Br)c1cc(CBr)ccc1C(=O)O. The number of carboxylic acid groups (broad SMARTS) is 1. The number of Topliss-reactive ketones (excluding diaryl/α,β-unsaturated/α-hetero) is 1. The second-order valence-electron chi connectivity index (χ2n) is 3.33. The van der Waals surface area contributed by atoms with Gasteiger partial charge in [0.25, 0.3) is 0 Å². The highest BCUT2D eigenvalue weighted by Crippen LogP contribution is 2.28. The van der Waals surface area contributed by atoms with Crippen LogP contribution < -0.4 is 0 Å². The van der Waals surface area contributed by atoms with Crippen molar-refractivity contribution in [2.45, 2.75) is 17.1 Å². The molecule has 0 aliphatic heterocycles. The summed E-state index contributed by atoms with van der Waals surface area (Å²) in [7, 11) is 0. The molecule has 1 unspecified atom stereocenters. The number of ketones is 1. The molecular weight excluding hydrogens is 340 g/mol. The Bertz CT molecular complexity index is 429. The summed E-state index contributed by atoms with van der Waals surface area (Å²) >= 11 is 6.50. The molecule has 3 nitrogen and oxygen atoms in total. The molecule has 0 radical (unpaired) electrons. The third-order valence-electron chi connectivity index (χ3n) is 2.13. The Morgan fingerprint density at radius 1 is 1.44 bits per heavy atom. The van der Waals surface area contributed by atoms with Gasteiger partial charge in [0, 0.05) is 5.33 Å². The molecule has 0 heterocycles. The Hall–Kier alpha value is -0.680. The first-order chi connectivity index (χ1) is 7.47. The Morgan fingerprint density at radius 2 is 2.06 bits per heavy atom. The lowest BCUT2D eigenvalue weighted by molar-refractivity contribution is -0.116. The summed E-state index contributed by atoms with van der Waals surface area (Å²) in [5.41, 5.74) is 1.59. The van der Waals surface area contributed by atoms with E-state index in [2.05, 4.69) is 31.9 Å². The number of hydrogen-bond acceptors (Lipinski definition) is 2. The Balaban J connectivity index is 3.30. The van der Waals surface area contributed by atoms with E-state index < -0.39 is 10.8 Å². The number of carbonyl (C=O) groups is 2. The van der Waals surface area contributed by atoms with E-state index >= 15 is 0 Å². The van der Waals surface area contributed by atoms with Gasteiger partial charge in [-0.1, -0.05) is 44.0 Å². The van der Waals surface area contributed by atoms with Crippen LogP contribution in [-0.2, 0) is 10.1 Å². The summed E-state index contributed by atoms with van der Waals surface area (Å²) in [5, 5.41) is 9.64. The molecule has 86 valence electrons. The van der Waals surface area contributed by atoms with Crippen LogP contribution in [0.2, 0.25) is 0 Å². The van der Waals surface area contributed by atoms with Crippen LogP contribution in [0.25, 0.3) is 0 Å². The van der Waals surface area contributed by atoms with Gasteiger partial charge in [-0.2, -0.15) is 0 Å². The highest BCUT2D eigenvalue weighted by atomic mass is 79.9. The first kappa shape index (κ1) is 13.4. The van der Waals surface area contributed by atoms with Crippen molar-refractivity contribution in [3.8, 4) is 0 Å². The van der Waals surface area contributed by atoms with E-state index in [0.29, 0.717) is 10.9 Å². The van der Waals surface area contributed by atoms with Crippen molar-refractivity contribution in [2.75, 3.05) is 0 Å². The highest BCUT2D eigenvalue weighted by Gasteiger charge is 2.20. The molecule has 1 atom stereocenters. The molecule has 5 heteroatoms. The van der Waals surface area contributed by atoms with Gasteiger partial charge in [-0.25, -0.2) is 4.79 Å². The molecule has 1 aromatic rings. The van der Waals surface area contributed by atoms with Gasteiger partial charge in [-0.05, 0) is 24.1 Å². The number of rotatable bonds is 4. The monoisotopic (exact) mass is 348 g/mol. The lowest BCUT2D eigenvalue weighted by Gasteiger charge is -2.11. The number of alkyl halides is 2. The van der Waals surface area contributed by atoms with Crippen molar-refractivity contribution in [2.24, 2.45) is 0 Å². The van der Waals surface area contributed by atoms with Crippen molar-refractivity contribution < 1.29 is 14.7 Å². The largest absolute Gasteiger partial charge is 0.478 e. The topological polar surface area (TPSA) is 54.4 Å². The molecule has 0 amide bonds. The molecule has 0 fully saturated rings. The summed E-state index contributed by atoms with van der Waals surface area (Å²) in [6.07, 6.45) is 0. The third kappa shape index (κ3) is 2.92. The lowest BCUT2D eigenvalue weighted by atomic mass is 10.0. The van der Waals surface area contributed by atoms with Crippen LogP contribution in [0.5, 0.6) is 0 Å². The quantitative estimate of drug-likeness (QED) is 0.848. The van der Waals surface area contributed by atoms with Gasteiger partial charge in [0.2, 0.25) is 0 Å². The van der Waals surface area contributed by atoms with E-state index in [1.165, 1.54) is 13.0 Å². The van der Waals surface area contributed by atoms with Crippen LogP contribution in [0.3, 0.4) is 0 Å². The van der Waals surface area contributed by atoms with E-state index in [9.17, 15) is 9.59 Å². The van der Waals surface area contributed by atoms with E-state index in [0.717, 1.165) is 5.56 Å². The molecule has 0 saturated carbocycles. The third-order valence-corrected chi connectivity index (χ3v) is 3.92. The van der Waals surface area contributed by atoms with Gasteiger partial charge >= 0.3 is 5.97 Å². The fraction of sp³-hybridized carbons (Fsp3) is 0.273. The summed E-state index contributed by atoms with van der Waals surface area (Å²) in [6, 6.07) is 4.96. The van der Waals surface area contributed by atoms with Crippen molar-refractivity contribution in [1.82, 2.24) is 0 Å². The van der Waals surface area contributed by atoms with E-state index in [1.54, 1.807) is 12.1 Å². The first-order valence-electron chi connectivity index (χ1n) is 4.54. The average Bonchev–Trinajstić information content (AvgIpc) is 2.26. The molecule has 1 N–H and O–H groups in total. The van der Waals surface area contributed by atoms with Crippen molar-refractivity contribution in [1.29, 1.82) is 0 Å². The van der Waals surface area contributed by atoms with Crippen LogP contribution in [-0.4, -0.2) is 16.9 Å². The zero-order chi connectivity index (χ0) is 12.3. The predicted molar refractivity (Wildman–Crippen MR) is 68.4 cm³/mol. The minimum Gasteiger partial charge on any atom is -0.478 e. The normalized spacial score (nSPS) is 12.2. The van der Waals surface area contributed by atoms with E-state index in [4.69, 9.17) is 5.11 Å². The molecule has 16 heavy (non-hydrogen) atoms. The van der Waals surface area contributed by atoms with Crippen LogP contribution in [0.4, 0.5) is 0 Å². The van der Waals surface area contributed by atoms with Crippen LogP contribution in [0, 0.1) is 0 Å². The Kier molecular flexibility index (Phi) is 4.68. The predicted octanol–water partition coefficient (Wildman–Crippen LogP) is 3.30. The maximum absolute atomic E-state index is 11.3. The fourth-order valence-electron chi connectivity index (χ4n) is 1.32. The lowest BCUT2D eigenvalue weighted by Crippen LogP contribution is -2.09. The van der Waals surface area contributed by atoms with Crippen LogP contribution in [0.1, 0.15) is 33.2 Å². The second-order valence-corrected chi connectivity index (χ2v) is 4.81. The van der Waals surface area contributed by atoms with Crippen LogP contribution in [0.15, 0.2) is 18.2 Å². The Morgan fingerprint density at radius 3 is 2.50 bits per heavy atom. The second kappa shape index (κ2) is 5.59. The zero-order valence-electron chi connectivity index (χ0n) is 8.54. The average molecular weight is 350 g/mol. The number of carbonyl (C=O) groups excluding carboxylic acids is 1. The minimum atomic E-state index is -1.03. The summed E-state index contributed by atoms with van der Waals surface area (Å²) in [6.45, 7) is 1.42. The summed E-state index contributed by atoms with van der Waals surface area (Å²) in [4.78, 5) is 21.7. The molecule has 0 aliphatic rings. The maximum Gasteiger partial charge on any atom is 0.336 e. The van der Waals surface area contributed by atoms with E-state index in [-0.39, 0.29) is 11.3 Å². The molecule has 0 aliphatic carbocycles. The molecule has 1 aromatic carbocycles. The summed E-state index contributed by atoms with van der Waals surface area (Å²) < 4.78 is 0. The molecular formula is C11H10Br2O3. The number of benzene rings is 1. The molecule has 1 rings (SSSR count). The molecule has 0 aromatic heterocycles. The summed E-state index contributed by atoms with van der Waals surface area (Å²) in [5.74, 6) is -1.14. The zero-order valence-corrected chi connectivity index (χ0v) is 11.7. The maximum atomic E-state index is 11.3. The van der Waals surface area contributed by atoms with Gasteiger partial charge in [-0.3, -0.25) is 4.79 Å². The Labute approximate surface area is 110 Å². The standard InChI is InChI=1S/C11H10Br2O3/c1-6(14)10(13)9-4-7(5-12)2-3-8(9)11(15)16/h2-4,10H,5H2,1H3,(H,15,16). The van der Waals surface area contributed by atoms with E-state index in [1.807, 2.05) is 0 Å². The fourth-order valence-corrected chi connectivity index (χ4v) is 2.05. The van der Waals surface area contributed by atoms with Crippen LogP contribution >= 0.6 is 31.9 Å². The van der Waals surface area contributed by atoms with Crippen molar-refractivity contribution in [3.05, 3.63) is 34.9 Å². The number of carboxylic acids is 1. The van der Waals surface area contributed by atoms with Crippen molar-refractivity contribution in [3.63, 3.8) is 0 Å². The smallest absolute Gasteiger partial charge is 0.336 e. The minimum absolute atomic E-state index is 0.116. The first-order valence-corrected chi connectivity index (χ1v) is 6.57. The molecule has 0 saturated heterocycles. The van der Waals surface area contributed by atoms with Gasteiger partial charge in [-0.15, -0.1) is 0 Å². The number of hydrogen-bond donors (Lipinski definition) is 1. The van der Waals surface area contributed by atoms with Gasteiger partial charge < -0.3 is 5.11 Å². The molecule has 0 bridgehead atoms.